The first-order valence-corrected chi connectivity index (χ1v) is 7.65. The van der Waals surface area contributed by atoms with E-state index in [9.17, 15) is 0 Å². The van der Waals surface area contributed by atoms with Crippen LogP contribution in [0.1, 0.15) is 11.1 Å². The van der Waals surface area contributed by atoms with E-state index in [2.05, 4.69) is 0 Å². The number of ether oxygens (including phenoxy) is 1. The Balaban J connectivity index is 2.09. The highest BCUT2D eigenvalue weighted by Gasteiger charge is 2.11. The molecule has 2 aromatic rings. The average Bonchev–Trinajstić information content (AvgIpc) is 2.43. The normalized spacial score (nSPS) is 12.2. The molecule has 0 spiro atoms. The molecular formula is C16H16Cl3NO. The Morgan fingerprint density at radius 1 is 1.00 bits per heavy atom. The average molecular weight is 345 g/mol. The molecule has 0 bridgehead atoms. The highest BCUT2D eigenvalue weighted by molar-refractivity contribution is 6.42. The maximum Gasteiger partial charge on any atom is 0.122 e. The van der Waals surface area contributed by atoms with E-state index in [1.54, 1.807) is 19.2 Å². The van der Waals surface area contributed by atoms with E-state index in [0.717, 1.165) is 16.9 Å². The summed E-state index contributed by atoms with van der Waals surface area (Å²) in [7, 11) is 1.64. The van der Waals surface area contributed by atoms with Gasteiger partial charge in [0.15, 0.2) is 0 Å². The molecule has 0 heterocycles. The van der Waals surface area contributed by atoms with Gasteiger partial charge in [-0.05, 0) is 54.3 Å². The molecule has 0 aliphatic carbocycles. The summed E-state index contributed by atoms with van der Waals surface area (Å²) < 4.78 is 5.33. The van der Waals surface area contributed by atoms with Crippen LogP contribution in [0.4, 0.5) is 0 Å². The molecule has 1 unspecified atom stereocenters. The third-order valence-electron chi connectivity index (χ3n) is 3.21. The van der Waals surface area contributed by atoms with Gasteiger partial charge in [-0.1, -0.05) is 40.9 Å². The van der Waals surface area contributed by atoms with Crippen molar-refractivity contribution in [2.45, 2.75) is 18.9 Å². The van der Waals surface area contributed by atoms with Gasteiger partial charge in [-0.15, -0.1) is 0 Å². The van der Waals surface area contributed by atoms with Crippen molar-refractivity contribution in [3.8, 4) is 5.75 Å². The minimum atomic E-state index is -0.0605. The lowest BCUT2D eigenvalue weighted by Gasteiger charge is -2.15. The number of methoxy groups -OCH3 is 1. The monoisotopic (exact) mass is 343 g/mol. The minimum absolute atomic E-state index is 0.0605. The third-order valence-corrected chi connectivity index (χ3v) is 4.18. The van der Waals surface area contributed by atoms with Crippen LogP contribution in [0.25, 0.3) is 0 Å². The first kappa shape index (κ1) is 16.4. The zero-order valence-corrected chi connectivity index (χ0v) is 13.8. The van der Waals surface area contributed by atoms with Gasteiger partial charge in [-0.3, -0.25) is 0 Å². The fourth-order valence-electron chi connectivity index (χ4n) is 2.23. The van der Waals surface area contributed by atoms with Crippen molar-refractivity contribution >= 4 is 34.8 Å². The molecule has 0 aliphatic rings. The highest BCUT2D eigenvalue weighted by atomic mass is 35.5. The molecule has 21 heavy (non-hydrogen) atoms. The topological polar surface area (TPSA) is 35.2 Å². The van der Waals surface area contributed by atoms with Crippen LogP contribution in [0.3, 0.4) is 0 Å². The smallest absolute Gasteiger partial charge is 0.122 e. The second-order valence-corrected chi connectivity index (χ2v) is 6.12. The lowest BCUT2D eigenvalue weighted by molar-refractivity contribution is 0.408. The van der Waals surface area contributed by atoms with Gasteiger partial charge in [-0.2, -0.15) is 0 Å². The summed E-state index contributed by atoms with van der Waals surface area (Å²) >= 11 is 18.0. The summed E-state index contributed by atoms with van der Waals surface area (Å²) in [4.78, 5) is 0. The first-order chi connectivity index (χ1) is 9.99. The maximum atomic E-state index is 6.22. The molecule has 0 saturated heterocycles. The maximum absolute atomic E-state index is 6.22. The van der Waals surface area contributed by atoms with Crippen LogP contribution in [0.5, 0.6) is 5.75 Å². The Morgan fingerprint density at radius 2 is 1.76 bits per heavy atom. The number of hydrogen-bond donors (Lipinski definition) is 1. The molecule has 5 heteroatoms. The molecule has 0 fully saturated rings. The Kier molecular flexibility index (Phi) is 5.77. The molecule has 0 radical (unpaired) electrons. The second-order valence-electron chi connectivity index (χ2n) is 4.87. The SMILES string of the molecule is COc1ccc(Cl)cc1CC(N)Cc1ccc(Cl)c(Cl)c1. The Bertz CT molecular complexity index is 631. The van der Waals surface area contributed by atoms with Gasteiger partial charge in [0.05, 0.1) is 17.2 Å². The van der Waals surface area contributed by atoms with E-state index in [-0.39, 0.29) is 6.04 Å². The fourth-order valence-corrected chi connectivity index (χ4v) is 2.75. The van der Waals surface area contributed by atoms with E-state index in [0.29, 0.717) is 27.9 Å². The zero-order chi connectivity index (χ0) is 15.4. The molecular weight excluding hydrogens is 329 g/mol. The molecule has 0 aromatic heterocycles. The molecule has 112 valence electrons. The summed E-state index contributed by atoms with van der Waals surface area (Å²) in [5.74, 6) is 0.795. The van der Waals surface area contributed by atoms with Crippen molar-refractivity contribution in [1.82, 2.24) is 0 Å². The van der Waals surface area contributed by atoms with Crippen molar-refractivity contribution < 1.29 is 4.74 Å². The quantitative estimate of drug-likeness (QED) is 0.848. The van der Waals surface area contributed by atoms with Crippen LogP contribution in [-0.2, 0) is 12.8 Å². The van der Waals surface area contributed by atoms with Gasteiger partial charge in [-0.25, -0.2) is 0 Å². The van der Waals surface area contributed by atoms with Crippen molar-refractivity contribution in [2.75, 3.05) is 7.11 Å². The molecule has 2 nitrogen and oxygen atoms in total. The number of rotatable bonds is 5. The van der Waals surface area contributed by atoms with Crippen LogP contribution >= 0.6 is 34.8 Å². The Hall–Kier alpha value is -0.930. The van der Waals surface area contributed by atoms with Crippen molar-refractivity contribution in [3.63, 3.8) is 0 Å². The van der Waals surface area contributed by atoms with Gasteiger partial charge in [0.25, 0.3) is 0 Å². The summed E-state index contributed by atoms with van der Waals surface area (Å²) in [6, 6.07) is 11.0. The summed E-state index contributed by atoms with van der Waals surface area (Å²) in [6.07, 6.45) is 1.37. The summed E-state index contributed by atoms with van der Waals surface area (Å²) in [5.41, 5.74) is 8.28. The molecule has 0 aliphatic heterocycles. The highest BCUT2D eigenvalue weighted by Crippen LogP contribution is 2.26. The molecule has 1 atom stereocenters. The fraction of sp³-hybridized carbons (Fsp3) is 0.250. The van der Waals surface area contributed by atoms with E-state index >= 15 is 0 Å². The van der Waals surface area contributed by atoms with Crippen molar-refractivity contribution in [3.05, 3.63) is 62.6 Å². The first-order valence-electron chi connectivity index (χ1n) is 6.51. The number of halogens is 3. The predicted molar refractivity (Wildman–Crippen MR) is 89.8 cm³/mol. The standard InChI is InChI=1S/C16H16Cl3NO/c1-21-16-5-3-12(17)8-11(16)9-13(20)6-10-2-4-14(18)15(19)7-10/h2-5,7-8,13H,6,9,20H2,1H3. The van der Waals surface area contributed by atoms with Crippen molar-refractivity contribution in [2.24, 2.45) is 5.73 Å². The zero-order valence-electron chi connectivity index (χ0n) is 11.6. The van der Waals surface area contributed by atoms with Gasteiger partial charge < -0.3 is 10.5 Å². The van der Waals surface area contributed by atoms with Gasteiger partial charge in [0.1, 0.15) is 5.75 Å². The van der Waals surface area contributed by atoms with Crippen molar-refractivity contribution in [1.29, 1.82) is 0 Å². The van der Waals surface area contributed by atoms with Gasteiger partial charge in [0.2, 0.25) is 0 Å². The van der Waals surface area contributed by atoms with E-state index in [1.807, 2.05) is 24.3 Å². The van der Waals surface area contributed by atoms with Crippen LogP contribution in [0.15, 0.2) is 36.4 Å². The van der Waals surface area contributed by atoms with E-state index in [4.69, 9.17) is 45.3 Å². The van der Waals surface area contributed by atoms with Crippen LogP contribution < -0.4 is 10.5 Å². The molecule has 2 rings (SSSR count). The second kappa shape index (κ2) is 7.37. The van der Waals surface area contributed by atoms with Gasteiger partial charge >= 0.3 is 0 Å². The minimum Gasteiger partial charge on any atom is -0.496 e. The van der Waals surface area contributed by atoms with Gasteiger partial charge in [0, 0.05) is 11.1 Å². The van der Waals surface area contributed by atoms with Crippen LogP contribution in [0.2, 0.25) is 15.1 Å². The summed E-state index contributed by atoms with van der Waals surface area (Å²) in [5, 5.41) is 1.76. The Morgan fingerprint density at radius 3 is 2.43 bits per heavy atom. The molecule has 0 saturated carbocycles. The summed E-state index contributed by atoms with van der Waals surface area (Å²) in [6.45, 7) is 0. The lowest BCUT2D eigenvalue weighted by Crippen LogP contribution is -2.25. The van der Waals surface area contributed by atoms with Crippen LogP contribution in [0, 0.1) is 0 Å². The number of nitrogens with two attached hydrogens (primary N) is 1. The van der Waals surface area contributed by atoms with Crippen LogP contribution in [-0.4, -0.2) is 13.2 Å². The molecule has 0 amide bonds. The molecule has 2 aromatic carbocycles. The number of hydrogen-bond acceptors (Lipinski definition) is 2. The largest absolute Gasteiger partial charge is 0.496 e. The Labute approximate surface area is 139 Å². The van der Waals surface area contributed by atoms with E-state index in [1.165, 1.54) is 0 Å². The van der Waals surface area contributed by atoms with E-state index < -0.39 is 0 Å². The lowest BCUT2D eigenvalue weighted by atomic mass is 9.99. The third kappa shape index (κ3) is 4.52. The molecule has 2 N–H and O–H groups in total. The number of benzene rings is 2. The predicted octanol–water partition coefficient (Wildman–Crippen LogP) is 4.77.